The summed E-state index contributed by atoms with van der Waals surface area (Å²) >= 11 is 0. The van der Waals surface area contributed by atoms with Gasteiger partial charge >= 0.3 is 0 Å². The zero-order valence-corrected chi connectivity index (χ0v) is 8.69. The number of nitrogens with zero attached hydrogens (tertiary/aromatic N) is 2. The highest BCUT2D eigenvalue weighted by atomic mass is 16.3. The van der Waals surface area contributed by atoms with Crippen molar-refractivity contribution in [2.75, 3.05) is 13.6 Å². The smallest absolute Gasteiger partial charge is 0.258 e. The van der Waals surface area contributed by atoms with Gasteiger partial charge in [-0.05, 0) is 18.6 Å². The van der Waals surface area contributed by atoms with Crippen LogP contribution in [0.5, 0.6) is 5.75 Å². The van der Waals surface area contributed by atoms with Crippen molar-refractivity contribution in [3.63, 3.8) is 0 Å². The summed E-state index contributed by atoms with van der Waals surface area (Å²) in [5, 5.41) is 18.1. The summed E-state index contributed by atoms with van der Waals surface area (Å²) in [7, 11) is 1.52. The van der Waals surface area contributed by atoms with Crippen LogP contribution in [0.15, 0.2) is 18.2 Å². The van der Waals surface area contributed by atoms with Crippen LogP contribution in [-0.2, 0) is 0 Å². The Morgan fingerprint density at radius 2 is 2.27 bits per heavy atom. The molecular weight excluding hydrogens is 192 g/mol. The van der Waals surface area contributed by atoms with Crippen LogP contribution >= 0.6 is 0 Å². The molecule has 0 atom stereocenters. The average Bonchev–Trinajstić information content (AvgIpc) is 2.21. The Labute approximate surface area is 88.4 Å². The van der Waals surface area contributed by atoms with Gasteiger partial charge in [0.2, 0.25) is 0 Å². The average molecular weight is 204 g/mol. The highest BCUT2D eigenvalue weighted by Gasteiger charge is 2.15. The maximum Gasteiger partial charge on any atom is 0.258 e. The number of phenols is 1. The lowest BCUT2D eigenvalue weighted by molar-refractivity contribution is 0.0809. The van der Waals surface area contributed by atoms with E-state index in [4.69, 9.17) is 5.26 Å². The van der Waals surface area contributed by atoms with Crippen molar-refractivity contribution in [1.82, 2.24) is 4.90 Å². The number of nitriles is 1. The number of benzene rings is 1. The quantitative estimate of drug-likeness (QED) is 0.738. The van der Waals surface area contributed by atoms with Gasteiger partial charge in [0.25, 0.3) is 5.91 Å². The molecule has 0 saturated carbocycles. The summed E-state index contributed by atoms with van der Waals surface area (Å²) in [5.41, 5.74) is 0.874. The number of hydrogen-bond donors (Lipinski definition) is 1. The minimum atomic E-state index is -0.349. The summed E-state index contributed by atoms with van der Waals surface area (Å²) in [6.07, 6.45) is 0. The Hall–Kier alpha value is -2.02. The Balaban J connectivity index is 3.02. The number of hydrogen-bond acceptors (Lipinski definition) is 3. The SMILES string of the molecule is Cc1cccc(C(=O)N(C)CC#N)c1O. The number of carbonyl (C=O) groups is 1. The van der Waals surface area contributed by atoms with Crippen LogP contribution in [0.4, 0.5) is 0 Å². The molecule has 1 N–H and O–H groups in total. The molecule has 1 aromatic rings. The van der Waals surface area contributed by atoms with Crippen LogP contribution in [-0.4, -0.2) is 29.5 Å². The molecule has 4 nitrogen and oxygen atoms in total. The maximum atomic E-state index is 11.7. The molecule has 0 aliphatic rings. The molecule has 0 heterocycles. The molecular formula is C11H12N2O2. The van der Waals surface area contributed by atoms with Crippen molar-refractivity contribution in [3.8, 4) is 11.8 Å². The lowest BCUT2D eigenvalue weighted by atomic mass is 10.1. The van der Waals surface area contributed by atoms with Gasteiger partial charge in [0.05, 0.1) is 11.6 Å². The number of phenolic OH excluding ortho intramolecular Hbond substituents is 1. The third kappa shape index (κ3) is 2.26. The minimum Gasteiger partial charge on any atom is -0.507 e. The number of aryl methyl sites for hydroxylation is 1. The molecule has 1 amide bonds. The van der Waals surface area contributed by atoms with Crippen molar-refractivity contribution >= 4 is 5.91 Å². The second kappa shape index (κ2) is 4.47. The topological polar surface area (TPSA) is 64.3 Å². The van der Waals surface area contributed by atoms with Crippen molar-refractivity contribution in [2.24, 2.45) is 0 Å². The Kier molecular flexibility index (Phi) is 3.29. The molecule has 0 aromatic heterocycles. The van der Waals surface area contributed by atoms with E-state index in [0.29, 0.717) is 5.56 Å². The van der Waals surface area contributed by atoms with Crippen molar-refractivity contribution in [3.05, 3.63) is 29.3 Å². The summed E-state index contributed by atoms with van der Waals surface area (Å²) in [4.78, 5) is 13.0. The molecule has 1 rings (SSSR count). The lowest BCUT2D eigenvalue weighted by Crippen LogP contribution is -2.27. The number of aromatic hydroxyl groups is 1. The largest absolute Gasteiger partial charge is 0.507 e. The minimum absolute atomic E-state index is 0.00617. The van der Waals surface area contributed by atoms with Crippen LogP contribution in [0, 0.1) is 18.3 Å². The summed E-state index contributed by atoms with van der Waals surface area (Å²) in [5.74, 6) is -0.370. The van der Waals surface area contributed by atoms with Crippen LogP contribution in [0.3, 0.4) is 0 Å². The third-order valence-corrected chi connectivity index (χ3v) is 2.12. The summed E-state index contributed by atoms with van der Waals surface area (Å²) in [6.45, 7) is 1.72. The first-order valence-electron chi connectivity index (χ1n) is 4.49. The van der Waals surface area contributed by atoms with E-state index in [-0.39, 0.29) is 23.8 Å². The van der Waals surface area contributed by atoms with Crippen molar-refractivity contribution < 1.29 is 9.90 Å². The first kappa shape index (κ1) is 11.1. The van der Waals surface area contributed by atoms with Gasteiger partial charge in [-0.15, -0.1) is 0 Å². The molecule has 0 bridgehead atoms. The van der Waals surface area contributed by atoms with E-state index in [1.807, 2.05) is 6.07 Å². The molecule has 15 heavy (non-hydrogen) atoms. The molecule has 0 unspecified atom stereocenters. The zero-order valence-electron chi connectivity index (χ0n) is 8.69. The van der Waals surface area contributed by atoms with E-state index < -0.39 is 0 Å². The normalized spacial score (nSPS) is 9.40. The number of rotatable bonds is 2. The molecule has 0 fully saturated rings. The van der Waals surface area contributed by atoms with E-state index >= 15 is 0 Å². The van der Waals surface area contributed by atoms with Crippen LogP contribution in [0.25, 0.3) is 0 Å². The molecule has 0 radical (unpaired) electrons. The van der Waals surface area contributed by atoms with E-state index in [1.54, 1.807) is 25.1 Å². The Morgan fingerprint density at radius 3 is 2.87 bits per heavy atom. The maximum absolute atomic E-state index is 11.7. The fraction of sp³-hybridized carbons (Fsp3) is 0.273. The molecule has 0 saturated heterocycles. The van der Waals surface area contributed by atoms with Crippen molar-refractivity contribution in [2.45, 2.75) is 6.92 Å². The van der Waals surface area contributed by atoms with E-state index in [9.17, 15) is 9.90 Å². The molecule has 0 aliphatic carbocycles. The number of carbonyl (C=O) groups excluding carboxylic acids is 1. The van der Waals surface area contributed by atoms with Crippen LogP contribution in [0.2, 0.25) is 0 Å². The highest BCUT2D eigenvalue weighted by molar-refractivity contribution is 5.97. The first-order valence-corrected chi connectivity index (χ1v) is 4.49. The van der Waals surface area contributed by atoms with Crippen LogP contribution < -0.4 is 0 Å². The van der Waals surface area contributed by atoms with Gasteiger partial charge in [0.15, 0.2) is 0 Å². The lowest BCUT2D eigenvalue weighted by Gasteiger charge is -2.14. The van der Waals surface area contributed by atoms with E-state index in [1.165, 1.54) is 11.9 Å². The van der Waals surface area contributed by atoms with Gasteiger partial charge in [0.1, 0.15) is 12.3 Å². The van der Waals surface area contributed by atoms with Gasteiger partial charge < -0.3 is 10.0 Å². The Morgan fingerprint density at radius 1 is 1.60 bits per heavy atom. The van der Waals surface area contributed by atoms with Gasteiger partial charge in [0, 0.05) is 7.05 Å². The molecule has 78 valence electrons. The van der Waals surface area contributed by atoms with Gasteiger partial charge in [-0.3, -0.25) is 4.79 Å². The van der Waals surface area contributed by atoms with Gasteiger partial charge in [-0.1, -0.05) is 12.1 Å². The zero-order chi connectivity index (χ0) is 11.4. The predicted octanol–water partition coefficient (Wildman–Crippen LogP) is 1.30. The van der Waals surface area contributed by atoms with E-state index in [2.05, 4.69) is 0 Å². The molecule has 1 aromatic carbocycles. The second-order valence-corrected chi connectivity index (χ2v) is 3.29. The fourth-order valence-corrected chi connectivity index (χ4v) is 1.22. The number of amides is 1. The monoisotopic (exact) mass is 204 g/mol. The first-order chi connectivity index (χ1) is 7.07. The van der Waals surface area contributed by atoms with Gasteiger partial charge in [-0.2, -0.15) is 5.26 Å². The Bertz CT molecular complexity index is 421. The summed E-state index contributed by atoms with van der Waals surface area (Å²) in [6, 6.07) is 6.83. The number of para-hydroxylation sites is 1. The second-order valence-electron chi connectivity index (χ2n) is 3.29. The molecule has 0 aliphatic heterocycles. The van der Waals surface area contributed by atoms with E-state index in [0.717, 1.165) is 0 Å². The van der Waals surface area contributed by atoms with Crippen molar-refractivity contribution in [1.29, 1.82) is 5.26 Å². The fourth-order valence-electron chi connectivity index (χ4n) is 1.22. The third-order valence-electron chi connectivity index (χ3n) is 2.12. The standard InChI is InChI=1S/C11H12N2O2/c1-8-4-3-5-9(10(8)14)11(15)13(2)7-6-12/h3-5,14H,7H2,1-2H3. The van der Waals surface area contributed by atoms with Crippen LogP contribution in [0.1, 0.15) is 15.9 Å². The highest BCUT2D eigenvalue weighted by Crippen LogP contribution is 2.22. The molecule has 0 spiro atoms. The molecule has 4 heteroatoms. The van der Waals surface area contributed by atoms with Gasteiger partial charge in [-0.25, -0.2) is 0 Å². The predicted molar refractivity (Wildman–Crippen MR) is 55.4 cm³/mol. The summed E-state index contributed by atoms with van der Waals surface area (Å²) < 4.78 is 0.